The van der Waals surface area contributed by atoms with Gasteiger partial charge < -0.3 is 9.47 Å². The lowest BCUT2D eigenvalue weighted by Gasteiger charge is -2.14. The van der Waals surface area contributed by atoms with Gasteiger partial charge in [0.15, 0.2) is 0 Å². The Balaban J connectivity index is 2.63. The first-order valence-corrected chi connectivity index (χ1v) is 8.14. The average molecular weight is 334 g/mol. The molecule has 24 heavy (non-hydrogen) atoms. The van der Waals surface area contributed by atoms with Gasteiger partial charge in [-0.25, -0.2) is 5.43 Å². The van der Waals surface area contributed by atoms with E-state index in [0.29, 0.717) is 18.7 Å². The second-order valence-corrected chi connectivity index (χ2v) is 5.41. The summed E-state index contributed by atoms with van der Waals surface area (Å²) in [7, 11) is 1.59. The highest BCUT2D eigenvalue weighted by Crippen LogP contribution is 2.12. The zero-order valence-electron chi connectivity index (χ0n) is 14.8. The minimum absolute atomic E-state index is 0.207. The lowest BCUT2D eigenvalue weighted by atomic mass is 9.99. The van der Waals surface area contributed by atoms with Crippen LogP contribution in [0, 0.1) is 5.92 Å². The van der Waals surface area contributed by atoms with Crippen LogP contribution >= 0.6 is 0 Å². The predicted molar refractivity (Wildman–Crippen MR) is 93.0 cm³/mol. The Morgan fingerprint density at radius 1 is 1.21 bits per heavy atom. The maximum atomic E-state index is 12.0. The zero-order chi connectivity index (χ0) is 17.9. The maximum Gasteiger partial charge on any atom is 0.314 e. The lowest BCUT2D eigenvalue weighted by molar-refractivity contribution is -0.145. The van der Waals surface area contributed by atoms with E-state index >= 15 is 0 Å². The number of hydrogen-bond donors (Lipinski definition) is 1. The van der Waals surface area contributed by atoms with Gasteiger partial charge in [-0.3, -0.25) is 9.59 Å². The number of esters is 1. The molecule has 0 aliphatic carbocycles. The molecule has 0 fully saturated rings. The molecule has 0 aromatic heterocycles. The lowest BCUT2D eigenvalue weighted by Crippen LogP contribution is -2.28. The molecule has 0 saturated carbocycles. The van der Waals surface area contributed by atoms with Crippen LogP contribution in [0.15, 0.2) is 29.4 Å². The van der Waals surface area contributed by atoms with Gasteiger partial charge in [0.1, 0.15) is 5.75 Å². The molecule has 1 aromatic carbocycles. The van der Waals surface area contributed by atoms with Crippen LogP contribution in [-0.2, 0) is 20.7 Å². The number of rotatable bonds is 9. The molecule has 6 heteroatoms. The third-order valence-electron chi connectivity index (χ3n) is 3.53. The van der Waals surface area contributed by atoms with Gasteiger partial charge in [-0.15, -0.1) is 0 Å². The molecule has 0 saturated heterocycles. The van der Waals surface area contributed by atoms with Crippen molar-refractivity contribution >= 4 is 17.6 Å². The van der Waals surface area contributed by atoms with Crippen LogP contribution in [0.1, 0.15) is 39.2 Å². The molecular formula is C18H26N2O4. The third-order valence-corrected chi connectivity index (χ3v) is 3.53. The van der Waals surface area contributed by atoms with Crippen LogP contribution in [-0.4, -0.2) is 31.3 Å². The molecule has 6 nitrogen and oxygen atoms in total. The van der Waals surface area contributed by atoms with Gasteiger partial charge in [-0.05, 0) is 38.0 Å². The minimum Gasteiger partial charge on any atom is -0.497 e. The first-order valence-electron chi connectivity index (χ1n) is 8.14. The number of nitrogens with one attached hydrogen (secondary N) is 1. The Labute approximate surface area is 143 Å². The molecule has 0 bridgehead atoms. The predicted octanol–water partition coefficient (Wildman–Crippen LogP) is 2.71. The number of hydrogen-bond acceptors (Lipinski definition) is 5. The van der Waals surface area contributed by atoms with Crippen molar-refractivity contribution in [3.05, 3.63) is 29.8 Å². The van der Waals surface area contributed by atoms with Gasteiger partial charge in [0.05, 0.1) is 26.1 Å². The molecule has 1 atom stereocenters. The van der Waals surface area contributed by atoms with E-state index in [1.807, 2.05) is 19.1 Å². The van der Waals surface area contributed by atoms with Gasteiger partial charge in [0.25, 0.3) is 0 Å². The first-order chi connectivity index (χ1) is 11.5. The zero-order valence-corrected chi connectivity index (χ0v) is 14.8. The van der Waals surface area contributed by atoms with Crippen molar-refractivity contribution in [2.24, 2.45) is 11.0 Å². The van der Waals surface area contributed by atoms with Crippen LogP contribution in [0.2, 0.25) is 0 Å². The summed E-state index contributed by atoms with van der Waals surface area (Å²) >= 11 is 0. The van der Waals surface area contributed by atoms with Crippen molar-refractivity contribution in [3.63, 3.8) is 0 Å². The molecular weight excluding hydrogens is 308 g/mol. The number of carbonyl (C=O) groups is 2. The second-order valence-electron chi connectivity index (χ2n) is 5.41. The molecule has 1 rings (SSSR count). The summed E-state index contributed by atoms with van der Waals surface area (Å²) in [6.07, 6.45) is 1.68. The highest BCUT2D eigenvalue weighted by molar-refractivity contribution is 6.01. The molecule has 132 valence electrons. The number of ether oxygens (including phenoxy) is 2. The van der Waals surface area contributed by atoms with Crippen LogP contribution in [0.5, 0.6) is 5.75 Å². The summed E-state index contributed by atoms with van der Waals surface area (Å²) in [5.74, 6) is -0.218. The topological polar surface area (TPSA) is 77.0 Å². The number of methoxy groups -OCH3 is 1. The first kappa shape index (κ1) is 19.7. The number of carbonyl (C=O) groups excluding carboxylic acids is 2. The standard InChI is InChI=1S/C18H26N2O4/c1-5-7-16(18(22)24-6-2)13(3)19-20-17(21)12-14-8-10-15(23-4)11-9-14/h8-11,16H,5-7,12H2,1-4H3,(H,20,21)/b19-13-/t16-/m0/s1. The smallest absolute Gasteiger partial charge is 0.314 e. The van der Waals surface area contributed by atoms with E-state index in [0.717, 1.165) is 17.7 Å². The van der Waals surface area contributed by atoms with E-state index in [9.17, 15) is 9.59 Å². The van der Waals surface area contributed by atoms with E-state index < -0.39 is 5.92 Å². The summed E-state index contributed by atoms with van der Waals surface area (Å²) in [6.45, 7) is 5.81. The van der Waals surface area contributed by atoms with E-state index in [1.165, 1.54) is 0 Å². The Morgan fingerprint density at radius 3 is 2.42 bits per heavy atom. The fourth-order valence-corrected chi connectivity index (χ4v) is 2.23. The van der Waals surface area contributed by atoms with Crippen LogP contribution in [0.4, 0.5) is 0 Å². The fraction of sp³-hybridized carbons (Fsp3) is 0.500. The van der Waals surface area contributed by atoms with E-state index in [4.69, 9.17) is 9.47 Å². The largest absolute Gasteiger partial charge is 0.497 e. The average Bonchev–Trinajstić information content (AvgIpc) is 2.58. The molecule has 0 spiro atoms. The van der Waals surface area contributed by atoms with Crippen molar-refractivity contribution in [1.82, 2.24) is 5.43 Å². The molecule has 0 aliphatic heterocycles. The van der Waals surface area contributed by atoms with Crippen LogP contribution in [0.25, 0.3) is 0 Å². The van der Waals surface area contributed by atoms with Gasteiger partial charge in [0, 0.05) is 5.71 Å². The SMILES string of the molecule is CCC[C@H](C(=O)OCC)/C(C)=N\NC(=O)Cc1ccc(OC)cc1. The van der Waals surface area contributed by atoms with Gasteiger partial charge in [-0.1, -0.05) is 25.5 Å². The van der Waals surface area contributed by atoms with Gasteiger partial charge in [-0.2, -0.15) is 5.10 Å². The molecule has 0 radical (unpaired) electrons. The second kappa shape index (κ2) is 10.4. The highest BCUT2D eigenvalue weighted by Gasteiger charge is 2.22. The summed E-state index contributed by atoms with van der Waals surface area (Å²) in [6, 6.07) is 7.26. The number of nitrogens with zero attached hydrogens (tertiary/aromatic N) is 1. The Kier molecular flexibility index (Phi) is 8.54. The minimum atomic E-state index is -0.420. The quantitative estimate of drug-likeness (QED) is 0.428. The third kappa shape index (κ3) is 6.40. The summed E-state index contributed by atoms with van der Waals surface area (Å²) in [4.78, 5) is 23.9. The number of amides is 1. The van der Waals surface area contributed by atoms with Crippen molar-refractivity contribution in [2.75, 3.05) is 13.7 Å². The molecule has 0 heterocycles. The molecule has 0 aliphatic rings. The summed E-state index contributed by atoms with van der Waals surface area (Å²) in [5.41, 5.74) is 3.92. The highest BCUT2D eigenvalue weighted by atomic mass is 16.5. The summed E-state index contributed by atoms with van der Waals surface area (Å²) in [5, 5.41) is 4.07. The summed E-state index contributed by atoms with van der Waals surface area (Å²) < 4.78 is 10.1. The monoisotopic (exact) mass is 334 g/mol. The van der Waals surface area contributed by atoms with Crippen molar-refractivity contribution in [3.8, 4) is 5.75 Å². The maximum absolute atomic E-state index is 12.0. The van der Waals surface area contributed by atoms with Crippen molar-refractivity contribution < 1.29 is 19.1 Å². The fourth-order valence-electron chi connectivity index (χ4n) is 2.23. The van der Waals surface area contributed by atoms with Gasteiger partial charge in [0.2, 0.25) is 5.91 Å². The molecule has 0 unspecified atom stereocenters. The molecule has 1 aromatic rings. The van der Waals surface area contributed by atoms with E-state index in [1.54, 1.807) is 33.1 Å². The number of benzene rings is 1. The number of hydrazone groups is 1. The normalized spacial score (nSPS) is 12.4. The van der Waals surface area contributed by atoms with E-state index in [-0.39, 0.29) is 18.3 Å². The van der Waals surface area contributed by atoms with Crippen molar-refractivity contribution in [2.45, 2.75) is 40.0 Å². The van der Waals surface area contributed by atoms with Crippen molar-refractivity contribution in [1.29, 1.82) is 0 Å². The molecule has 1 N–H and O–H groups in total. The Bertz CT molecular complexity index is 567. The van der Waals surface area contributed by atoms with Crippen LogP contribution in [0.3, 0.4) is 0 Å². The van der Waals surface area contributed by atoms with Gasteiger partial charge >= 0.3 is 5.97 Å². The van der Waals surface area contributed by atoms with Crippen LogP contribution < -0.4 is 10.2 Å². The Hall–Kier alpha value is -2.37. The van der Waals surface area contributed by atoms with E-state index in [2.05, 4.69) is 10.5 Å². The Morgan fingerprint density at radius 2 is 1.88 bits per heavy atom. The molecule has 1 amide bonds.